The van der Waals surface area contributed by atoms with Crippen molar-refractivity contribution in [3.63, 3.8) is 0 Å². The fourth-order valence-electron chi connectivity index (χ4n) is 2.01. The summed E-state index contributed by atoms with van der Waals surface area (Å²) in [5.74, 6) is 0. The molecule has 2 rings (SSSR count). The van der Waals surface area contributed by atoms with E-state index in [0.29, 0.717) is 6.04 Å². The summed E-state index contributed by atoms with van der Waals surface area (Å²) in [6.07, 6.45) is 0. The first kappa shape index (κ1) is 9.69. The van der Waals surface area contributed by atoms with Gasteiger partial charge in [-0.15, -0.1) is 0 Å². The van der Waals surface area contributed by atoms with Gasteiger partial charge in [0.05, 0.1) is 0 Å². The second kappa shape index (κ2) is 4.11. The van der Waals surface area contributed by atoms with Crippen LogP contribution in [0.25, 0.3) is 0 Å². The van der Waals surface area contributed by atoms with Gasteiger partial charge in [0.15, 0.2) is 0 Å². The van der Waals surface area contributed by atoms with E-state index in [0.717, 1.165) is 19.6 Å². The zero-order chi connectivity index (χ0) is 9.97. The van der Waals surface area contributed by atoms with Crippen LogP contribution in [0.5, 0.6) is 0 Å². The van der Waals surface area contributed by atoms with Crippen molar-refractivity contribution >= 4 is 0 Å². The van der Waals surface area contributed by atoms with Gasteiger partial charge in [0, 0.05) is 25.7 Å². The van der Waals surface area contributed by atoms with Crippen molar-refractivity contribution in [2.45, 2.75) is 26.1 Å². The van der Waals surface area contributed by atoms with Gasteiger partial charge < -0.3 is 5.32 Å². The predicted molar refractivity (Wildman–Crippen MR) is 59.1 cm³/mol. The molecule has 1 aliphatic rings. The largest absolute Gasteiger partial charge is 0.316 e. The Hall–Kier alpha value is -0.860. The lowest BCUT2D eigenvalue weighted by molar-refractivity contribution is 0.258. The Balaban J connectivity index is 1.98. The molecule has 0 amide bonds. The van der Waals surface area contributed by atoms with Gasteiger partial charge in [0.2, 0.25) is 0 Å². The van der Waals surface area contributed by atoms with Gasteiger partial charge in [-0.1, -0.05) is 24.3 Å². The Morgan fingerprint density at radius 3 is 2.36 bits per heavy atom. The van der Waals surface area contributed by atoms with E-state index in [4.69, 9.17) is 0 Å². The first-order valence-electron chi connectivity index (χ1n) is 5.26. The number of fused-ring (bicyclic) bond motifs is 1. The van der Waals surface area contributed by atoms with E-state index in [-0.39, 0.29) is 0 Å². The molecule has 2 heteroatoms. The molecule has 0 radical (unpaired) electrons. The van der Waals surface area contributed by atoms with Crippen LogP contribution >= 0.6 is 0 Å². The summed E-state index contributed by atoms with van der Waals surface area (Å²) in [4.78, 5) is 2.49. The Labute approximate surface area is 85.9 Å². The second-order valence-electron chi connectivity index (χ2n) is 4.13. The van der Waals surface area contributed by atoms with Crippen LogP contribution in [0.15, 0.2) is 24.3 Å². The van der Waals surface area contributed by atoms with E-state index in [2.05, 4.69) is 41.4 Å². The number of nitrogens with zero attached hydrogens (tertiary/aromatic N) is 1. The molecule has 1 unspecified atom stereocenters. The van der Waals surface area contributed by atoms with Gasteiger partial charge in [-0.3, -0.25) is 4.90 Å². The molecule has 0 aliphatic carbocycles. The van der Waals surface area contributed by atoms with Crippen molar-refractivity contribution in [1.82, 2.24) is 10.2 Å². The highest BCUT2D eigenvalue weighted by Gasteiger charge is 2.18. The van der Waals surface area contributed by atoms with Crippen LogP contribution < -0.4 is 5.32 Å². The maximum atomic E-state index is 3.28. The molecular formula is C12H18N2. The SMILES string of the molecule is CNC(C)CN1Cc2ccccc2C1. The number of hydrogen-bond donors (Lipinski definition) is 1. The van der Waals surface area contributed by atoms with Crippen LogP contribution in [0.3, 0.4) is 0 Å². The normalized spacial score (nSPS) is 18.1. The number of hydrogen-bond acceptors (Lipinski definition) is 2. The van der Waals surface area contributed by atoms with Crippen molar-refractivity contribution in [3.05, 3.63) is 35.4 Å². The second-order valence-corrected chi connectivity index (χ2v) is 4.13. The molecule has 0 saturated carbocycles. The molecule has 0 aromatic heterocycles. The van der Waals surface area contributed by atoms with E-state index in [1.54, 1.807) is 0 Å². The number of nitrogens with one attached hydrogen (secondary N) is 1. The van der Waals surface area contributed by atoms with Crippen molar-refractivity contribution in [2.24, 2.45) is 0 Å². The molecule has 0 spiro atoms. The van der Waals surface area contributed by atoms with Gasteiger partial charge >= 0.3 is 0 Å². The average molecular weight is 190 g/mol. The minimum Gasteiger partial charge on any atom is -0.316 e. The number of rotatable bonds is 3. The topological polar surface area (TPSA) is 15.3 Å². The van der Waals surface area contributed by atoms with E-state index in [9.17, 15) is 0 Å². The summed E-state index contributed by atoms with van der Waals surface area (Å²) in [7, 11) is 2.02. The molecule has 1 heterocycles. The van der Waals surface area contributed by atoms with E-state index in [1.807, 2.05) is 7.05 Å². The van der Waals surface area contributed by atoms with Crippen molar-refractivity contribution < 1.29 is 0 Å². The third kappa shape index (κ3) is 1.97. The third-order valence-corrected chi connectivity index (χ3v) is 2.93. The van der Waals surface area contributed by atoms with Gasteiger partial charge in [-0.2, -0.15) is 0 Å². The first-order valence-corrected chi connectivity index (χ1v) is 5.26. The molecule has 1 atom stereocenters. The molecule has 0 bridgehead atoms. The van der Waals surface area contributed by atoms with Gasteiger partial charge in [0.1, 0.15) is 0 Å². The molecule has 1 aromatic rings. The van der Waals surface area contributed by atoms with E-state index >= 15 is 0 Å². The Bertz CT molecular complexity index is 284. The lowest BCUT2D eigenvalue weighted by Gasteiger charge is -2.19. The van der Waals surface area contributed by atoms with Crippen LogP contribution in [0.4, 0.5) is 0 Å². The molecule has 0 fully saturated rings. The molecule has 1 aromatic carbocycles. The van der Waals surface area contributed by atoms with Crippen molar-refractivity contribution in [2.75, 3.05) is 13.6 Å². The highest BCUT2D eigenvalue weighted by atomic mass is 15.2. The maximum Gasteiger partial charge on any atom is 0.0241 e. The zero-order valence-corrected chi connectivity index (χ0v) is 8.96. The summed E-state index contributed by atoms with van der Waals surface area (Å²) in [6.45, 7) is 5.58. The summed E-state index contributed by atoms with van der Waals surface area (Å²) in [6, 6.07) is 9.30. The van der Waals surface area contributed by atoms with Crippen LogP contribution in [-0.4, -0.2) is 24.5 Å². The van der Waals surface area contributed by atoms with Crippen molar-refractivity contribution in [1.29, 1.82) is 0 Å². The molecule has 14 heavy (non-hydrogen) atoms. The standard InChI is InChI=1S/C12H18N2/c1-10(13-2)7-14-8-11-5-3-4-6-12(11)9-14/h3-6,10,13H,7-9H2,1-2H3. The monoisotopic (exact) mass is 190 g/mol. The summed E-state index contributed by atoms with van der Waals surface area (Å²) >= 11 is 0. The summed E-state index contributed by atoms with van der Waals surface area (Å²) in [5, 5.41) is 3.28. The molecule has 76 valence electrons. The predicted octanol–water partition coefficient (Wildman–Crippen LogP) is 1.61. The van der Waals surface area contributed by atoms with E-state index in [1.165, 1.54) is 11.1 Å². The molecular weight excluding hydrogens is 172 g/mol. The first-order chi connectivity index (χ1) is 6.79. The Morgan fingerprint density at radius 2 is 1.86 bits per heavy atom. The Kier molecular flexibility index (Phi) is 2.85. The zero-order valence-electron chi connectivity index (χ0n) is 8.96. The van der Waals surface area contributed by atoms with Gasteiger partial charge in [-0.25, -0.2) is 0 Å². The van der Waals surface area contributed by atoms with Crippen LogP contribution in [0.2, 0.25) is 0 Å². The average Bonchev–Trinajstić information content (AvgIpc) is 2.59. The van der Waals surface area contributed by atoms with Crippen LogP contribution in [-0.2, 0) is 13.1 Å². The highest BCUT2D eigenvalue weighted by molar-refractivity contribution is 5.30. The highest BCUT2D eigenvalue weighted by Crippen LogP contribution is 2.21. The minimum absolute atomic E-state index is 0.573. The van der Waals surface area contributed by atoms with Gasteiger partial charge in [-0.05, 0) is 25.1 Å². The minimum atomic E-state index is 0.573. The quantitative estimate of drug-likeness (QED) is 0.779. The molecule has 2 nitrogen and oxygen atoms in total. The lowest BCUT2D eigenvalue weighted by Crippen LogP contribution is -2.34. The van der Waals surface area contributed by atoms with Gasteiger partial charge in [0.25, 0.3) is 0 Å². The number of likely N-dealkylation sites (N-methyl/N-ethyl adjacent to an activating group) is 1. The summed E-state index contributed by atoms with van der Waals surface area (Å²) in [5.41, 5.74) is 2.99. The molecule has 1 aliphatic heterocycles. The van der Waals surface area contributed by atoms with Crippen LogP contribution in [0.1, 0.15) is 18.1 Å². The van der Waals surface area contributed by atoms with E-state index < -0.39 is 0 Å². The van der Waals surface area contributed by atoms with Crippen LogP contribution in [0, 0.1) is 0 Å². The molecule has 1 N–H and O–H groups in total. The Morgan fingerprint density at radius 1 is 1.29 bits per heavy atom. The smallest absolute Gasteiger partial charge is 0.0241 e. The maximum absolute atomic E-state index is 3.28. The lowest BCUT2D eigenvalue weighted by atomic mass is 10.1. The fourth-order valence-corrected chi connectivity index (χ4v) is 2.01. The third-order valence-electron chi connectivity index (χ3n) is 2.93. The number of benzene rings is 1. The molecule has 0 saturated heterocycles. The summed E-state index contributed by atoms with van der Waals surface area (Å²) < 4.78 is 0. The van der Waals surface area contributed by atoms with Crippen molar-refractivity contribution in [3.8, 4) is 0 Å². The fraction of sp³-hybridized carbons (Fsp3) is 0.500.